The molecule has 0 amide bonds. The second-order valence-electron chi connectivity index (χ2n) is 4.89. The molecule has 1 aliphatic carbocycles. The molecule has 3 heteroatoms. The largest absolute Gasteiger partial charge is 0.382 e. The van der Waals surface area contributed by atoms with Crippen molar-refractivity contribution in [1.29, 1.82) is 0 Å². The van der Waals surface area contributed by atoms with E-state index in [-0.39, 0.29) is 0 Å². The molecule has 1 aromatic rings. The number of nitrogens with one attached hydrogen (secondary N) is 1. The molecule has 0 bridgehead atoms. The smallest absolute Gasteiger partial charge is 0.0477 e. The average Bonchev–Trinajstić information content (AvgIpc) is 2.33. The third-order valence-corrected chi connectivity index (χ3v) is 3.93. The van der Waals surface area contributed by atoms with Crippen molar-refractivity contribution in [3.05, 3.63) is 34.9 Å². The zero-order valence-electron chi connectivity index (χ0n) is 11.0. The van der Waals surface area contributed by atoms with Crippen molar-refractivity contribution < 1.29 is 4.74 Å². The van der Waals surface area contributed by atoms with Gasteiger partial charge in [0.2, 0.25) is 0 Å². The van der Waals surface area contributed by atoms with Gasteiger partial charge in [0.15, 0.2) is 0 Å². The van der Waals surface area contributed by atoms with Gasteiger partial charge in [-0.05, 0) is 50.3 Å². The topological polar surface area (TPSA) is 21.3 Å². The van der Waals surface area contributed by atoms with E-state index in [1.54, 1.807) is 0 Å². The van der Waals surface area contributed by atoms with Crippen LogP contribution in [0, 0.1) is 0 Å². The Morgan fingerprint density at radius 2 is 2.11 bits per heavy atom. The number of ether oxygens (including phenoxy) is 1. The molecule has 0 heterocycles. The normalized spacial score (nSPS) is 22.8. The summed E-state index contributed by atoms with van der Waals surface area (Å²) in [5, 5.41) is 4.49. The standard InChI is InChI=1S/C15H22ClNO/c1-2-18-9-5-8-17-13-10-12(11-13)14-6-3-4-7-15(14)16/h3-4,6-7,12-13,17H,2,5,8-11H2,1H3. The first-order valence-corrected chi connectivity index (χ1v) is 7.24. The summed E-state index contributed by atoms with van der Waals surface area (Å²) < 4.78 is 5.32. The second kappa shape index (κ2) is 7.13. The number of hydrogen-bond donors (Lipinski definition) is 1. The zero-order valence-corrected chi connectivity index (χ0v) is 11.7. The third kappa shape index (κ3) is 3.71. The quantitative estimate of drug-likeness (QED) is 0.762. The van der Waals surface area contributed by atoms with Crippen LogP contribution in [0.5, 0.6) is 0 Å². The van der Waals surface area contributed by atoms with Gasteiger partial charge in [0.1, 0.15) is 0 Å². The Morgan fingerprint density at radius 1 is 1.33 bits per heavy atom. The Hall–Kier alpha value is -0.570. The van der Waals surface area contributed by atoms with Crippen LogP contribution in [0.1, 0.15) is 37.7 Å². The Bertz CT molecular complexity index is 363. The summed E-state index contributed by atoms with van der Waals surface area (Å²) in [6.45, 7) is 4.77. The van der Waals surface area contributed by atoms with Gasteiger partial charge in [-0.3, -0.25) is 0 Å². The number of rotatable bonds is 7. The predicted octanol–water partition coefficient (Wildman–Crippen LogP) is 3.60. The average molecular weight is 268 g/mol. The summed E-state index contributed by atoms with van der Waals surface area (Å²) >= 11 is 6.20. The summed E-state index contributed by atoms with van der Waals surface area (Å²) in [6.07, 6.45) is 3.51. The van der Waals surface area contributed by atoms with Crippen LogP contribution in [-0.4, -0.2) is 25.8 Å². The number of halogens is 1. The van der Waals surface area contributed by atoms with Crippen molar-refractivity contribution in [3.63, 3.8) is 0 Å². The highest BCUT2D eigenvalue weighted by Gasteiger charge is 2.30. The summed E-state index contributed by atoms with van der Waals surface area (Å²) in [5.41, 5.74) is 1.31. The minimum absolute atomic E-state index is 0.642. The molecule has 0 aromatic heterocycles. The molecule has 100 valence electrons. The highest BCUT2D eigenvalue weighted by molar-refractivity contribution is 6.31. The minimum atomic E-state index is 0.642. The van der Waals surface area contributed by atoms with E-state index in [9.17, 15) is 0 Å². The van der Waals surface area contributed by atoms with E-state index in [1.165, 1.54) is 18.4 Å². The molecule has 1 N–H and O–H groups in total. The van der Waals surface area contributed by atoms with Crippen LogP contribution in [-0.2, 0) is 4.74 Å². The van der Waals surface area contributed by atoms with Crippen molar-refractivity contribution in [2.75, 3.05) is 19.8 Å². The van der Waals surface area contributed by atoms with Gasteiger partial charge in [-0.1, -0.05) is 29.8 Å². The third-order valence-electron chi connectivity index (χ3n) is 3.59. The van der Waals surface area contributed by atoms with Crippen molar-refractivity contribution in [2.24, 2.45) is 0 Å². The molecule has 1 aliphatic rings. The molecular weight excluding hydrogens is 246 g/mol. The lowest BCUT2D eigenvalue weighted by Gasteiger charge is -2.36. The highest BCUT2D eigenvalue weighted by Crippen LogP contribution is 2.39. The molecule has 0 spiro atoms. The maximum absolute atomic E-state index is 6.20. The van der Waals surface area contributed by atoms with E-state index in [1.807, 2.05) is 19.1 Å². The molecule has 1 fully saturated rings. The van der Waals surface area contributed by atoms with E-state index < -0.39 is 0 Å². The molecule has 0 saturated heterocycles. The molecular formula is C15H22ClNO. The van der Waals surface area contributed by atoms with Crippen LogP contribution < -0.4 is 5.32 Å². The van der Waals surface area contributed by atoms with Crippen LogP contribution in [0.3, 0.4) is 0 Å². The van der Waals surface area contributed by atoms with Crippen LogP contribution in [0.2, 0.25) is 5.02 Å². The first kappa shape index (κ1) is 13.9. The molecule has 18 heavy (non-hydrogen) atoms. The molecule has 0 radical (unpaired) electrons. The molecule has 1 aromatic carbocycles. The zero-order chi connectivity index (χ0) is 12.8. The Kier molecular flexibility index (Phi) is 5.48. The van der Waals surface area contributed by atoms with Crippen LogP contribution in [0.25, 0.3) is 0 Å². The maximum Gasteiger partial charge on any atom is 0.0477 e. The molecule has 2 rings (SSSR count). The van der Waals surface area contributed by atoms with E-state index in [0.717, 1.165) is 31.2 Å². The molecule has 1 saturated carbocycles. The van der Waals surface area contributed by atoms with E-state index in [4.69, 9.17) is 16.3 Å². The van der Waals surface area contributed by atoms with Crippen LogP contribution in [0.15, 0.2) is 24.3 Å². The van der Waals surface area contributed by atoms with Crippen molar-refractivity contribution in [3.8, 4) is 0 Å². The summed E-state index contributed by atoms with van der Waals surface area (Å²) in [5.74, 6) is 0.642. The van der Waals surface area contributed by atoms with Gasteiger partial charge in [-0.15, -0.1) is 0 Å². The lowest BCUT2D eigenvalue weighted by Crippen LogP contribution is -2.40. The van der Waals surface area contributed by atoms with Gasteiger partial charge < -0.3 is 10.1 Å². The van der Waals surface area contributed by atoms with Gasteiger partial charge in [-0.2, -0.15) is 0 Å². The predicted molar refractivity (Wildman–Crippen MR) is 76.3 cm³/mol. The Morgan fingerprint density at radius 3 is 2.83 bits per heavy atom. The highest BCUT2D eigenvalue weighted by atomic mass is 35.5. The fourth-order valence-electron chi connectivity index (χ4n) is 2.47. The maximum atomic E-state index is 6.20. The summed E-state index contributed by atoms with van der Waals surface area (Å²) in [4.78, 5) is 0. The minimum Gasteiger partial charge on any atom is -0.382 e. The van der Waals surface area contributed by atoms with Gasteiger partial charge in [-0.25, -0.2) is 0 Å². The molecule has 0 aliphatic heterocycles. The first-order valence-electron chi connectivity index (χ1n) is 6.86. The fourth-order valence-corrected chi connectivity index (χ4v) is 2.76. The van der Waals surface area contributed by atoms with E-state index in [2.05, 4.69) is 17.4 Å². The van der Waals surface area contributed by atoms with Crippen molar-refractivity contribution in [1.82, 2.24) is 5.32 Å². The monoisotopic (exact) mass is 267 g/mol. The molecule has 0 unspecified atom stereocenters. The van der Waals surface area contributed by atoms with Gasteiger partial charge >= 0.3 is 0 Å². The van der Waals surface area contributed by atoms with E-state index in [0.29, 0.717) is 12.0 Å². The fraction of sp³-hybridized carbons (Fsp3) is 0.600. The Balaban J connectivity index is 1.64. The van der Waals surface area contributed by atoms with E-state index >= 15 is 0 Å². The van der Waals surface area contributed by atoms with Gasteiger partial charge in [0.25, 0.3) is 0 Å². The van der Waals surface area contributed by atoms with Gasteiger partial charge in [0.05, 0.1) is 0 Å². The lowest BCUT2D eigenvalue weighted by atomic mass is 9.76. The lowest BCUT2D eigenvalue weighted by molar-refractivity contribution is 0.142. The van der Waals surface area contributed by atoms with Crippen molar-refractivity contribution >= 4 is 11.6 Å². The Labute approximate surface area is 115 Å². The molecule has 2 nitrogen and oxygen atoms in total. The van der Waals surface area contributed by atoms with Gasteiger partial charge in [0, 0.05) is 24.3 Å². The van der Waals surface area contributed by atoms with Crippen molar-refractivity contribution in [2.45, 2.75) is 38.1 Å². The summed E-state index contributed by atoms with van der Waals surface area (Å²) in [7, 11) is 0. The van der Waals surface area contributed by atoms with Crippen LogP contribution >= 0.6 is 11.6 Å². The summed E-state index contributed by atoms with van der Waals surface area (Å²) in [6, 6.07) is 8.86. The number of hydrogen-bond acceptors (Lipinski definition) is 2. The van der Waals surface area contributed by atoms with Crippen LogP contribution in [0.4, 0.5) is 0 Å². The second-order valence-corrected chi connectivity index (χ2v) is 5.30. The first-order chi connectivity index (χ1) is 8.81. The molecule has 0 atom stereocenters. The number of benzene rings is 1. The SMILES string of the molecule is CCOCCCNC1CC(c2ccccc2Cl)C1.